The van der Waals surface area contributed by atoms with Crippen LogP contribution in [-0.4, -0.2) is 26.3 Å². The number of rotatable bonds is 7. The molecule has 84 valence electrons. The van der Waals surface area contributed by atoms with Crippen molar-refractivity contribution in [1.82, 2.24) is 5.32 Å². The summed E-state index contributed by atoms with van der Waals surface area (Å²) in [6, 6.07) is 0. The van der Waals surface area contributed by atoms with E-state index >= 15 is 0 Å². The molecule has 14 heavy (non-hydrogen) atoms. The molecule has 0 radical (unpaired) electrons. The molecule has 0 bridgehead atoms. The van der Waals surface area contributed by atoms with Gasteiger partial charge in [0.05, 0.1) is 6.61 Å². The largest absolute Gasteiger partial charge is 0.381 e. The Balaban J connectivity index is 1.82. The molecule has 0 aromatic carbocycles. The summed E-state index contributed by atoms with van der Waals surface area (Å²) in [5, 5.41) is 3.53. The van der Waals surface area contributed by atoms with Gasteiger partial charge in [0.2, 0.25) is 0 Å². The van der Waals surface area contributed by atoms with Gasteiger partial charge in [-0.2, -0.15) is 0 Å². The van der Waals surface area contributed by atoms with Crippen LogP contribution in [0, 0.1) is 5.92 Å². The fraction of sp³-hybridized carbons (Fsp3) is 1.00. The molecule has 1 saturated heterocycles. The zero-order valence-electron chi connectivity index (χ0n) is 9.56. The van der Waals surface area contributed by atoms with E-state index in [0.717, 1.165) is 25.7 Å². The standard InChI is InChI=1S/C12H25NO/c1-2-3-4-5-8-13-10-12-7-6-9-14-11-12/h12-13H,2-11H2,1H3. The number of unbranched alkanes of at least 4 members (excludes halogenated alkanes) is 3. The minimum Gasteiger partial charge on any atom is -0.381 e. The topological polar surface area (TPSA) is 21.3 Å². The normalized spacial score (nSPS) is 22.5. The van der Waals surface area contributed by atoms with Crippen LogP contribution in [-0.2, 0) is 4.74 Å². The van der Waals surface area contributed by atoms with E-state index in [1.807, 2.05) is 0 Å². The first-order valence-electron chi connectivity index (χ1n) is 6.22. The van der Waals surface area contributed by atoms with Gasteiger partial charge in [0.25, 0.3) is 0 Å². The molecule has 1 atom stereocenters. The van der Waals surface area contributed by atoms with Gasteiger partial charge in [-0.1, -0.05) is 26.2 Å². The van der Waals surface area contributed by atoms with Gasteiger partial charge >= 0.3 is 0 Å². The lowest BCUT2D eigenvalue weighted by molar-refractivity contribution is 0.0549. The molecule has 0 saturated carbocycles. The molecule has 1 heterocycles. The van der Waals surface area contributed by atoms with Crippen molar-refractivity contribution in [3.05, 3.63) is 0 Å². The van der Waals surface area contributed by atoms with E-state index in [9.17, 15) is 0 Å². The second kappa shape index (κ2) is 8.25. The highest BCUT2D eigenvalue weighted by molar-refractivity contribution is 4.65. The summed E-state index contributed by atoms with van der Waals surface area (Å²) in [4.78, 5) is 0. The van der Waals surface area contributed by atoms with E-state index in [1.54, 1.807) is 0 Å². The van der Waals surface area contributed by atoms with Crippen molar-refractivity contribution in [2.24, 2.45) is 5.92 Å². The van der Waals surface area contributed by atoms with Crippen molar-refractivity contribution in [2.75, 3.05) is 26.3 Å². The van der Waals surface area contributed by atoms with Crippen molar-refractivity contribution >= 4 is 0 Å². The summed E-state index contributed by atoms with van der Waals surface area (Å²) in [5.41, 5.74) is 0. The number of hydrogen-bond acceptors (Lipinski definition) is 2. The zero-order chi connectivity index (χ0) is 10.1. The molecule has 2 nitrogen and oxygen atoms in total. The van der Waals surface area contributed by atoms with Crippen LogP contribution < -0.4 is 5.32 Å². The summed E-state index contributed by atoms with van der Waals surface area (Å²) in [7, 11) is 0. The van der Waals surface area contributed by atoms with E-state index in [2.05, 4.69) is 12.2 Å². The first-order valence-corrected chi connectivity index (χ1v) is 6.22. The molecular weight excluding hydrogens is 174 g/mol. The predicted octanol–water partition coefficient (Wildman–Crippen LogP) is 2.58. The molecule has 0 spiro atoms. The second-order valence-electron chi connectivity index (χ2n) is 4.35. The van der Waals surface area contributed by atoms with Crippen LogP contribution in [0.25, 0.3) is 0 Å². The van der Waals surface area contributed by atoms with Crippen molar-refractivity contribution in [2.45, 2.75) is 45.4 Å². The van der Waals surface area contributed by atoms with E-state index in [-0.39, 0.29) is 0 Å². The highest BCUT2D eigenvalue weighted by atomic mass is 16.5. The number of nitrogens with one attached hydrogen (secondary N) is 1. The van der Waals surface area contributed by atoms with Crippen LogP contribution >= 0.6 is 0 Å². The van der Waals surface area contributed by atoms with Gasteiger partial charge < -0.3 is 10.1 Å². The van der Waals surface area contributed by atoms with E-state index in [1.165, 1.54) is 45.1 Å². The molecule has 1 N–H and O–H groups in total. The Morgan fingerprint density at radius 3 is 2.93 bits per heavy atom. The molecule has 0 aliphatic carbocycles. The highest BCUT2D eigenvalue weighted by Crippen LogP contribution is 2.12. The quantitative estimate of drug-likeness (QED) is 0.636. The Bertz CT molecular complexity index is 121. The smallest absolute Gasteiger partial charge is 0.0506 e. The Hall–Kier alpha value is -0.0800. The van der Waals surface area contributed by atoms with Crippen molar-refractivity contribution in [3.8, 4) is 0 Å². The molecule has 0 aromatic heterocycles. The number of ether oxygens (including phenoxy) is 1. The summed E-state index contributed by atoms with van der Waals surface area (Å²) >= 11 is 0. The Morgan fingerprint density at radius 1 is 1.29 bits per heavy atom. The van der Waals surface area contributed by atoms with Gasteiger partial charge in [-0.05, 0) is 31.7 Å². The molecular formula is C12H25NO. The minimum absolute atomic E-state index is 0.773. The molecule has 1 aliphatic rings. The van der Waals surface area contributed by atoms with Crippen molar-refractivity contribution in [3.63, 3.8) is 0 Å². The third-order valence-corrected chi connectivity index (χ3v) is 2.89. The van der Waals surface area contributed by atoms with Gasteiger partial charge in [-0.3, -0.25) is 0 Å². The van der Waals surface area contributed by atoms with E-state index < -0.39 is 0 Å². The lowest BCUT2D eigenvalue weighted by Gasteiger charge is -2.22. The molecule has 1 unspecified atom stereocenters. The van der Waals surface area contributed by atoms with E-state index in [4.69, 9.17) is 4.74 Å². The maximum absolute atomic E-state index is 5.44. The molecule has 1 fully saturated rings. The first-order chi connectivity index (χ1) is 6.93. The maximum atomic E-state index is 5.44. The summed E-state index contributed by atoms with van der Waals surface area (Å²) < 4.78 is 5.44. The molecule has 1 aliphatic heterocycles. The summed E-state index contributed by atoms with van der Waals surface area (Å²) in [6.45, 7) is 6.56. The highest BCUT2D eigenvalue weighted by Gasteiger charge is 2.12. The monoisotopic (exact) mass is 199 g/mol. The Morgan fingerprint density at radius 2 is 2.21 bits per heavy atom. The lowest BCUT2D eigenvalue weighted by Crippen LogP contribution is -2.29. The molecule has 0 amide bonds. The predicted molar refractivity (Wildman–Crippen MR) is 60.6 cm³/mol. The van der Waals surface area contributed by atoms with Gasteiger partial charge in [-0.15, -0.1) is 0 Å². The fourth-order valence-corrected chi connectivity index (χ4v) is 1.95. The van der Waals surface area contributed by atoms with Crippen LogP contribution in [0.5, 0.6) is 0 Å². The summed E-state index contributed by atoms with van der Waals surface area (Å²) in [5.74, 6) is 0.773. The van der Waals surface area contributed by atoms with Gasteiger partial charge in [0.15, 0.2) is 0 Å². The van der Waals surface area contributed by atoms with Crippen LogP contribution in [0.2, 0.25) is 0 Å². The third kappa shape index (κ3) is 5.61. The zero-order valence-corrected chi connectivity index (χ0v) is 9.56. The first kappa shape index (κ1) is 12.0. The van der Waals surface area contributed by atoms with Gasteiger partial charge in [0.1, 0.15) is 0 Å². The third-order valence-electron chi connectivity index (χ3n) is 2.89. The SMILES string of the molecule is CCCCCCNCC1CCCOC1. The van der Waals surface area contributed by atoms with Crippen LogP contribution in [0.15, 0.2) is 0 Å². The maximum Gasteiger partial charge on any atom is 0.0506 e. The molecule has 1 rings (SSSR count). The molecule has 0 aromatic rings. The summed E-state index contributed by atoms with van der Waals surface area (Å²) in [6.07, 6.45) is 8.03. The Kier molecular flexibility index (Phi) is 7.06. The second-order valence-corrected chi connectivity index (χ2v) is 4.35. The van der Waals surface area contributed by atoms with Crippen LogP contribution in [0.4, 0.5) is 0 Å². The van der Waals surface area contributed by atoms with Crippen molar-refractivity contribution in [1.29, 1.82) is 0 Å². The fourth-order valence-electron chi connectivity index (χ4n) is 1.95. The van der Waals surface area contributed by atoms with Crippen molar-refractivity contribution < 1.29 is 4.74 Å². The molecule has 2 heteroatoms. The van der Waals surface area contributed by atoms with Crippen LogP contribution in [0.1, 0.15) is 45.4 Å². The minimum atomic E-state index is 0.773. The van der Waals surface area contributed by atoms with Crippen LogP contribution in [0.3, 0.4) is 0 Å². The Labute approximate surface area is 88.4 Å². The van der Waals surface area contributed by atoms with Gasteiger partial charge in [0, 0.05) is 13.2 Å². The average Bonchev–Trinajstić information content (AvgIpc) is 2.25. The lowest BCUT2D eigenvalue weighted by atomic mass is 10.0. The number of hydrogen-bond donors (Lipinski definition) is 1. The van der Waals surface area contributed by atoms with Gasteiger partial charge in [-0.25, -0.2) is 0 Å². The average molecular weight is 199 g/mol. The van der Waals surface area contributed by atoms with E-state index in [0.29, 0.717) is 0 Å².